The molecule has 0 spiro atoms. The smallest absolute Gasteiger partial charge is 0.311 e. The fraction of sp³-hybridized carbons (Fsp3) is 0.375. The van der Waals surface area contributed by atoms with Crippen LogP contribution in [0, 0.1) is 10.1 Å². The Morgan fingerprint density at radius 1 is 1.28 bits per heavy atom. The van der Waals surface area contributed by atoms with E-state index < -0.39 is 4.92 Å². The molecule has 3 heterocycles. The highest BCUT2D eigenvalue weighted by Gasteiger charge is 2.23. The van der Waals surface area contributed by atoms with Crippen molar-refractivity contribution in [1.29, 1.82) is 0 Å². The SMILES string of the molecule is COc1ccc(OC2CCN(c3ccc([N+](=O)[O-])c(N)n3)CC2)cn1. The highest BCUT2D eigenvalue weighted by molar-refractivity contribution is 5.58. The topological polar surface area (TPSA) is 117 Å². The number of nitrogen functional groups attached to an aromatic ring is 1. The lowest BCUT2D eigenvalue weighted by Gasteiger charge is -2.32. The average Bonchev–Trinajstić information content (AvgIpc) is 2.62. The van der Waals surface area contributed by atoms with Gasteiger partial charge in [-0.2, -0.15) is 0 Å². The number of pyridine rings is 2. The molecule has 0 atom stereocenters. The second-order valence-corrected chi connectivity index (χ2v) is 5.67. The Morgan fingerprint density at radius 3 is 2.60 bits per heavy atom. The first-order valence-corrected chi connectivity index (χ1v) is 7.89. The number of ether oxygens (including phenoxy) is 2. The monoisotopic (exact) mass is 345 g/mol. The zero-order chi connectivity index (χ0) is 17.8. The van der Waals surface area contributed by atoms with Crippen molar-refractivity contribution < 1.29 is 14.4 Å². The zero-order valence-electron chi connectivity index (χ0n) is 13.8. The van der Waals surface area contributed by atoms with Crippen LogP contribution in [-0.2, 0) is 0 Å². The standard InChI is InChI=1S/C16H19N5O4/c1-24-15-5-2-12(10-18-15)25-11-6-8-20(9-7-11)14-4-3-13(21(22)23)16(17)19-14/h2-5,10-11H,6-9H2,1H3,(H2,17,19). The molecule has 2 aromatic rings. The highest BCUT2D eigenvalue weighted by Crippen LogP contribution is 2.26. The fourth-order valence-electron chi connectivity index (χ4n) is 2.74. The maximum Gasteiger partial charge on any atom is 0.311 e. The number of nitro groups is 1. The molecule has 9 heteroatoms. The van der Waals surface area contributed by atoms with E-state index in [4.69, 9.17) is 15.2 Å². The summed E-state index contributed by atoms with van der Waals surface area (Å²) in [4.78, 5) is 20.6. The van der Waals surface area contributed by atoms with E-state index in [0.29, 0.717) is 17.4 Å². The van der Waals surface area contributed by atoms with E-state index in [-0.39, 0.29) is 17.6 Å². The first-order valence-electron chi connectivity index (χ1n) is 7.89. The molecule has 132 valence electrons. The number of rotatable bonds is 5. The fourth-order valence-corrected chi connectivity index (χ4v) is 2.74. The third kappa shape index (κ3) is 3.87. The molecule has 0 saturated carbocycles. The van der Waals surface area contributed by atoms with Crippen molar-refractivity contribution in [1.82, 2.24) is 9.97 Å². The zero-order valence-corrected chi connectivity index (χ0v) is 13.8. The molecule has 1 fully saturated rings. The molecule has 0 bridgehead atoms. The van der Waals surface area contributed by atoms with E-state index in [9.17, 15) is 10.1 Å². The Kier molecular flexibility index (Phi) is 4.82. The Hall–Kier alpha value is -3.10. The lowest BCUT2D eigenvalue weighted by molar-refractivity contribution is -0.384. The van der Waals surface area contributed by atoms with Gasteiger partial charge < -0.3 is 20.1 Å². The molecule has 0 radical (unpaired) electrons. The quantitative estimate of drug-likeness (QED) is 0.646. The van der Waals surface area contributed by atoms with Gasteiger partial charge in [0.1, 0.15) is 17.7 Å². The van der Waals surface area contributed by atoms with E-state index in [0.717, 1.165) is 25.9 Å². The van der Waals surface area contributed by atoms with Crippen LogP contribution in [0.4, 0.5) is 17.3 Å². The Balaban J connectivity index is 1.58. The number of methoxy groups -OCH3 is 1. The second kappa shape index (κ2) is 7.20. The number of hydrogen-bond donors (Lipinski definition) is 1. The lowest BCUT2D eigenvalue weighted by Crippen LogP contribution is -2.38. The molecule has 2 N–H and O–H groups in total. The summed E-state index contributed by atoms with van der Waals surface area (Å²) < 4.78 is 11.0. The third-order valence-corrected chi connectivity index (χ3v) is 4.07. The number of nitrogens with two attached hydrogens (primary N) is 1. The van der Waals surface area contributed by atoms with Gasteiger partial charge in [-0.05, 0) is 12.1 Å². The minimum absolute atomic E-state index is 0.0646. The third-order valence-electron chi connectivity index (χ3n) is 4.07. The molecule has 0 unspecified atom stereocenters. The summed E-state index contributed by atoms with van der Waals surface area (Å²) in [6.07, 6.45) is 3.35. The van der Waals surface area contributed by atoms with Gasteiger partial charge in [0, 0.05) is 38.1 Å². The van der Waals surface area contributed by atoms with Crippen LogP contribution >= 0.6 is 0 Å². The van der Waals surface area contributed by atoms with E-state index in [1.165, 1.54) is 6.07 Å². The molecule has 3 rings (SSSR count). The number of aromatic nitrogens is 2. The number of anilines is 2. The van der Waals surface area contributed by atoms with Crippen molar-refractivity contribution >= 4 is 17.3 Å². The van der Waals surface area contributed by atoms with Crippen LogP contribution in [0.5, 0.6) is 11.6 Å². The highest BCUT2D eigenvalue weighted by atomic mass is 16.6. The van der Waals surface area contributed by atoms with E-state index >= 15 is 0 Å². The molecule has 1 aliphatic rings. The van der Waals surface area contributed by atoms with Gasteiger partial charge in [-0.25, -0.2) is 9.97 Å². The van der Waals surface area contributed by atoms with Crippen molar-refractivity contribution in [2.45, 2.75) is 18.9 Å². The summed E-state index contributed by atoms with van der Waals surface area (Å²) >= 11 is 0. The average molecular weight is 345 g/mol. The van der Waals surface area contributed by atoms with Gasteiger partial charge in [0.05, 0.1) is 18.2 Å². The number of piperidine rings is 1. The minimum atomic E-state index is -0.533. The van der Waals surface area contributed by atoms with E-state index in [1.54, 1.807) is 25.4 Å². The minimum Gasteiger partial charge on any atom is -0.489 e. The molecule has 2 aromatic heterocycles. The molecule has 1 saturated heterocycles. The van der Waals surface area contributed by atoms with Gasteiger partial charge >= 0.3 is 5.69 Å². The van der Waals surface area contributed by atoms with Gasteiger partial charge in [-0.3, -0.25) is 10.1 Å². The first-order chi connectivity index (χ1) is 12.1. The second-order valence-electron chi connectivity index (χ2n) is 5.67. The molecular weight excluding hydrogens is 326 g/mol. The largest absolute Gasteiger partial charge is 0.489 e. The summed E-state index contributed by atoms with van der Waals surface area (Å²) in [5.74, 6) is 1.83. The van der Waals surface area contributed by atoms with Crippen molar-refractivity contribution in [2.75, 3.05) is 30.8 Å². The van der Waals surface area contributed by atoms with Crippen molar-refractivity contribution in [3.63, 3.8) is 0 Å². The Bertz CT molecular complexity index is 745. The molecule has 25 heavy (non-hydrogen) atoms. The van der Waals surface area contributed by atoms with Gasteiger partial charge in [0.2, 0.25) is 11.7 Å². The molecule has 9 nitrogen and oxygen atoms in total. The summed E-state index contributed by atoms with van der Waals surface area (Å²) in [5, 5.41) is 10.8. The van der Waals surface area contributed by atoms with Crippen LogP contribution in [-0.4, -0.2) is 41.2 Å². The Labute approximate surface area is 144 Å². The van der Waals surface area contributed by atoms with Crippen molar-refractivity contribution in [2.24, 2.45) is 0 Å². The number of nitrogens with zero attached hydrogens (tertiary/aromatic N) is 4. The van der Waals surface area contributed by atoms with Gasteiger partial charge in [-0.15, -0.1) is 0 Å². The molecule has 0 aromatic carbocycles. The predicted molar refractivity (Wildman–Crippen MR) is 92.0 cm³/mol. The predicted octanol–water partition coefficient (Wildman–Crippen LogP) is 2.02. The molecule has 0 amide bonds. The van der Waals surface area contributed by atoms with Gasteiger partial charge in [0.15, 0.2) is 0 Å². The summed E-state index contributed by atoms with van der Waals surface area (Å²) in [6, 6.07) is 6.61. The van der Waals surface area contributed by atoms with Gasteiger partial charge in [-0.1, -0.05) is 0 Å². The van der Waals surface area contributed by atoms with E-state index in [1.807, 2.05) is 11.0 Å². The van der Waals surface area contributed by atoms with Crippen LogP contribution in [0.3, 0.4) is 0 Å². The summed E-state index contributed by atoms with van der Waals surface area (Å²) in [6.45, 7) is 1.47. The van der Waals surface area contributed by atoms with Crippen LogP contribution in [0.1, 0.15) is 12.8 Å². The maximum absolute atomic E-state index is 10.8. The lowest BCUT2D eigenvalue weighted by atomic mass is 10.1. The maximum atomic E-state index is 10.8. The van der Waals surface area contributed by atoms with Crippen LogP contribution in [0.25, 0.3) is 0 Å². The van der Waals surface area contributed by atoms with Crippen molar-refractivity contribution in [3.05, 3.63) is 40.6 Å². The normalized spacial score (nSPS) is 15.0. The van der Waals surface area contributed by atoms with E-state index in [2.05, 4.69) is 9.97 Å². The van der Waals surface area contributed by atoms with Crippen LogP contribution in [0.2, 0.25) is 0 Å². The molecular formula is C16H19N5O4. The summed E-state index contributed by atoms with van der Waals surface area (Å²) in [5.41, 5.74) is 5.49. The van der Waals surface area contributed by atoms with Crippen LogP contribution in [0.15, 0.2) is 30.5 Å². The van der Waals surface area contributed by atoms with Gasteiger partial charge in [0.25, 0.3) is 0 Å². The Morgan fingerprint density at radius 2 is 2.04 bits per heavy atom. The first kappa shape index (κ1) is 16.7. The number of hydrogen-bond acceptors (Lipinski definition) is 8. The molecule has 0 aliphatic carbocycles. The molecule has 1 aliphatic heterocycles. The summed E-state index contributed by atoms with van der Waals surface area (Å²) in [7, 11) is 1.57. The van der Waals surface area contributed by atoms with Crippen molar-refractivity contribution in [3.8, 4) is 11.6 Å². The van der Waals surface area contributed by atoms with Crippen LogP contribution < -0.4 is 20.1 Å².